The number of nitrogen functional groups attached to an aromatic ring is 1. The van der Waals surface area contributed by atoms with Crippen molar-refractivity contribution in [1.82, 2.24) is 24.8 Å². The monoisotopic (exact) mass is 453 g/mol. The van der Waals surface area contributed by atoms with Gasteiger partial charge in [-0.3, -0.25) is 4.57 Å². The molecule has 1 aromatic carbocycles. The van der Waals surface area contributed by atoms with E-state index in [1.54, 1.807) is 6.33 Å². The first-order valence-corrected chi connectivity index (χ1v) is 12.2. The van der Waals surface area contributed by atoms with E-state index in [1.807, 2.05) is 34.5 Å². The van der Waals surface area contributed by atoms with Crippen molar-refractivity contribution >= 4 is 34.4 Å². The molecule has 0 radical (unpaired) electrons. The molecule has 3 aromatic rings. The first-order chi connectivity index (χ1) is 15.6. The number of anilines is 2. The molecule has 1 aliphatic rings. The topological polar surface area (TPSA) is 103 Å². The summed E-state index contributed by atoms with van der Waals surface area (Å²) in [5.41, 5.74) is 9.60. The summed E-state index contributed by atoms with van der Waals surface area (Å²) in [4.78, 5) is 12.7. The van der Waals surface area contributed by atoms with Gasteiger partial charge in [-0.2, -0.15) is 11.8 Å². The number of nitrogens with one attached hydrogen (secondary N) is 2. The van der Waals surface area contributed by atoms with Crippen LogP contribution in [0.15, 0.2) is 54.4 Å². The molecule has 0 bridgehead atoms. The molecule has 4 rings (SSSR count). The first kappa shape index (κ1) is 22.4. The van der Waals surface area contributed by atoms with Crippen LogP contribution in [0.2, 0.25) is 0 Å². The number of aromatic nitrogens is 4. The van der Waals surface area contributed by atoms with Gasteiger partial charge in [-0.05, 0) is 56.6 Å². The van der Waals surface area contributed by atoms with Gasteiger partial charge in [0.2, 0.25) is 0 Å². The molecule has 1 saturated heterocycles. The fourth-order valence-corrected chi connectivity index (χ4v) is 4.73. The van der Waals surface area contributed by atoms with E-state index in [1.165, 1.54) is 11.9 Å². The number of allylic oxidation sites excluding steroid dienone is 1. The van der Waals surface area contributed by atoms with Crippen molar-refractivity contribution in [1.29, 1.82) is 0 Å². The zero-order valence-corrected chi connectivity index (χ0v) is 19.4. The van der Waals surface area contributed by atoms with Gasteiger partial charge in [-0.25, -0.2) is 15.0 Å². The van der Waals surface area contributed by atoms with Crippen LogP contribution in [-0.2, 0) is 4.74 Å². The normalized spacial score (nSPS) is 18.1. The fourth-order valence-electron chi connectivity index (χ4n) is 3.71. The second kappa shape index (κ2) is 10.7. The lowest BCUT2D eigenvalue weighted by Gasteiger charge is -2.16. The van der Waals surface area contributed by atoms with Gasteiger partial charge in [-0.1, -0.05) is 18.2 Å². The molecular formula is C23H31N7OS. The van der Waals surface area contributed by atoms with Crippen LogP contribution >= 0.6 is 11.8 Å². The SMILES string of the molecule is CC(C)=C(NCCCSCC1CCC(n2cnc3c(N)ncnc32)O1)Nc1ccccc1. The third-order valence-electron chi connectivity index (χ3n) is 5.40. The summed E-state index contributed by atoms with van der Waals surface area (Å²) in [6, 6.07) is 10.2. The Hall–Kier alpha value is -2.78. The highest BCUT2D eigenvalue weighted by Gasteiger charge is 2.28. The largest absolute Gasteiger partial charge is 0.382 e. The van der Waals surface area contributed by atoms with Gasteiger partial charge in [-0.15, -0.1) is 0 Å². The average Bonchev–Trinajstić information content (AvgIpc) is 3.43. The molecule has 32 heavy (non-hydrogen) atoms. The smallest absolute Gasteiger partial charge is 0.167 e. The van der Waals surface area contributed by atoms with E-state index in [2.05, 4.69) is 51.6 Å². The quantitative estimate of drug-likeness (QED) is 0.393. The van der Waals surface area contributed by atoms with Crippen LogP contribution in [0.25, 0.3) is 11.2 Å². The highest BCUT2D eigenvalue weighted by atomic mass is 32.2. The molecule has 3 heterocycles. The van der Waals surface area contributed by atoms with Crippen LogP contribution in [-0.4, -0.2) is 43.7 Å². The summed E-state index contributed by atoms with van der Waals surface area (Å²) < 4.78 is 8.24. The number of hydrogen-bond acceptors (Lipinski definition) is 8. The van der Waals surface area contributed by atoms with Crippen molar-refractivity contribution in [2.75, 3.05) is 29.1 Å². The molecule has 2 aromatic heterocycles. The minimum atomic E-state index is -0.0362. The van der Waals surface area contributed by atoms with Gasteiger partial charge in [0.05, 0.1) is 12.4 Å². The minimum absolute atomic E-state index is 0.0362. The third kappa shape index (κ3) is 5.52. The Balaban J connectivity index is 1.16. The molecule has 2 unspecified atom stereocenters. The van der Waals surface area contributed by atoms with E-state index >= 15 is 0 Å². The number of nitrogens with two attached hydrogens (primary N) is 1. The summed E-state index contributed by atoms with van der Waals surface area (Å²) >= 11 is 1.95. The summed E-state index contributed by atoms with van der Waals surface area (Å²) in [6.07, 6.45) is 6.54. The zero-order chi connectivity index (χ0) is 22.3. The van der Waals surface area contributed by atoms with Crippen LogP contribution in [0, 0.1) is 0 Å². The minimum Gasteiger partial charge on any atom is -0.382 e. The lowest BCUT2D eigenvalue weighted by atomic mass is 10.2. The Labute approximate surface area is 193 Å². The Kier molecular flexibility index (Phi) is 7.49. The second-order valence-corrected chi connectivity index (χ2v) is 9.24. The van der Waals surface area contributed by atoms with Crippen molar-refractivity contribution in [3.63, 3.8) is 0 Å². The lowest BCUT2D eigenvalue weighted by Crippen LogP contribution is -2.22. The van der Waals surface area contributed by atoms with Crippen LogP contribution in [0.1, 0.15) is 39.3 Å². The summed E-state index contributed by atoms with van der Waals surface area (Å²) in [7, 11) is 0. The number of hydrogen-bond donors (Lipinski definition) is 3. The summed E-state index contributed by atoms with van der Waals surface area (Å²) in [6.45, 7) is 5.17. The molecule has 0 amide bonds. The molecule has 1 aliphatic heterocycles. The number of nitrogens with zero attached hydrogens (tertiary/aromatic N) is 4. The third-order valence-corrected chi connectivity index (χ3v) is 6.58. The number of fused-ring (bicyclic) bond motifs is 1. The van der Waals surface area contributed by atoms with E-state index in [9.17, 15) is 0 Å². The summed E-state index contributed by atoms with van der Waals surface area (Å²) in [5.74, 6) is 3.58. The zero-order valence-electron chi connectivity index (χ0n) is 18.6. The van der Waals surface area contributed by atoms with E-state index in [-0.39, 0.29) is 12.3 Å². The maximum atomic E-state index is 6.26. The Morgan fingerprint density at radius 1 is 1.19 bits per heavy atom. The van der Waals surface area contributed by atoms with Crippen molar-refractivity contribution in [2.45, 2.75) is 45.4 Å². The molecule has 0 saturated carbocycles. The molecule has 0 spiro atoms. The Morgan fingerprint density at radius 3 is 2.84 bits per heavy atom. The van der Waals surface area contributed by atoms with Crippen LogP contribution in [0.5, 0.6) is 0 Å². The fraction of sp³-hybridized carbons (Fsp3) is 0.435. The molecular weight excluding hydrogens is 422 g/mol. The van der Waals surface area contributed by atoms with Crippen LogP contribution < -0.4 is 16.4 Å². The lowest BCUT2D eigenvalue weighted by molar-refractivity contribution is 0.0153. The second-order valence-electron chi connectivity index (χ2n) is 8.09. The number of rotatable bonds is 10. The molecule has 4 N–H and O–H groups in total. The number of imidazole rings is 1. The molecule has 0 aliphatic carbocycles. The van der Waals surface area contributed by atoms with E-state index in [0.29, 0.717) is 11.3 Å². The van der Waals surface area contributed by atoms with Gasteiger partial charge in [0, 0.05) is 18.0 Å². The number of thioether (sulfide) groups is 1. The van der Waals surface area contributed by atoms with Crippen molar-refractivity contribution in [3.05, 3.63) is 54.4 Å². The number of ether oxygens (including phenoxy) is 1. The Morgan fingerprint density at radius 2 is 2.03 bits per heavy atom. The van der Waals surface area contributed by atoms with Crippen molar-refractivity contribution < 1.29 is 4.74 Å². The van der Waals surface area contributed by atoms with Gasteiger partial charge in [0.15, 0.2) is 11.5 Å². The van der Waals surface area contributed by atoms with E-state index in [4.69, 9.17) is 10.5 Å². The van der Waals surface area contributed by atoms with Crippen molar-refractivity contribution in [3.8, 4) is 0 Å². The highest BCUT2D eigenvalue weighted by Crippen LogP contribution is 2.32. The first-order valence-electron chi connectivity index (χ1n) is 11.0. The summed E-state index contributed by atoms with van der Waals surface area (Å²) in [5, 5.41) is 7.00. The molecule has 9 heteroatoms. The number of para-hydroxylation sites is 1. The predicted molar refractivity (Wildman–Crippen MR) is 131 cm³/mol. The maximum absolute atomic E-state index is 6.26. The van der Waals surface area contributed by atoms with E-state index in [0.717, 1.165) is 54.5 Å². The molecule has 1 fully saturated rings. The predicted octanol–water partition coefficient (Wildman–Crippen LogP) is 4.16. The molecule has 170 valence electrons. The highest BCUT2D eigenvalue weighted by molar-refractivity contribution is 7.99. The molecule has 8 nitrogen and oxygen atoms in total. The van der Waals surface area contributed by atoms with Gasteiger partial charge >= 0.3 is 0 Å². The van der Waals surface area contributed by atoms with Crippen LogP contribution in [0.3, 0.4) is 0 Å². The maximum Gasteiger partial charge on any atom is 0.167 e. The standard InChI is InChI=1S/C23H31N7OS/c1-16(2)22(29-17-7-4-3-5-8-17)25-11-6-12-32-13-18-9-10-19(31-18)30-15-28-20-21(24)26-14-27-23(20)30/h3-5,7-8,14-15,18-19,25,29H,6,9-13H2,1-2H3,(H2,24,26,27). The van der Waals surface area contributed by atoms with Crippen LogP contribution in [0.4, 0.5) is 11.5 Å². The molecule has 2 atom stereocenters. The number of benzene rings is 1. The average molecular weight is 454 g/mol. The van der Waals surface area contributed by atoms with Gasteiger partial charge in [0.1, 0.15) is 23.9 Å². The van der Waals surface area contributed by atoms with Gasteiger partial charge in [0.25, 0.3) is 0 Å². The van der Waals surface area contributed by atoms with E-state index < -0.39 is 0 Å². The Bertz CT molecular complexity index is 1050. The van der Waals surface area contributed by atoms with Crippen molar-refractivity contribution in [2.24, 2.45) is 0 Å². The van der Waals surface area contributed by atoms with Gasteiger partial charge < -0.3 is 21.1 Å².